The highest BCUT2D eigenvalue weighted by molar-refractivity contribution is 9.12. The third kappa shape index (κ3) is 3.91. The monoisotopic (exact) mass is 308 g/mol. The average molecular weight is 310 g/mol. The summed E-state index contributed by atoms with van der Waals surface area (Å²) in [7, 11) is 0. The normalized spacial score (nSPS) is 16.2. The van der Waals surface area contributed by atoms with E-state index in [9.17, 15) is 13.6 Å². The molecule has 0 unspecified atom stereocenters. The third-order valence-corrected chi connectivity index (χ3v) is 3.48. The second kappa shape index (κ2) is 5.99. The summed E-state index contributed by atoms with van der Waals surface area (Å²) in [6.07, 6.45) is -2.96. The van der Waals surface area contributed by atoms with Crippen molar-refractivity contribution in [2.24, 2.45) is 0 Å². The number of halogens is 4. The Morgan fingerprint density at radius 3 is 2.33 bits per heavy atom. The molecule has 0 aromatic heterocycles. The van der Waals surface area contributed by atoms with Gasteiger partial charge in [-0.15, -0.1) is 0 Å². The summed E-state index contributed by atoms with van der Waals surface area (Å²) in [5, 5.41) is -0.705. The van der Waals surface area contributed by atoms with Gasteiger partial charge in [0.25, 0.3) is 6.43 Å². The van der Waals surface area contributed by atoms with Crippen molar-refractivity contribution >= 4 is 37.6 Å². The maximum atomic E-state index is 11.8. The molecule has 0 fully saturated rings. The molecule has 0 aliphatic heterocycles. The van der Waals surface area contributed by atoms with Gasteiger partial charge < -0.3 is 4.74 Å². The van der Waals surface area contributed by atoms with Crippen molar-refractivity contribution in [3.05, 3.63) is 0 Å². The second-order valence-corrected chi connectivity index (χ2v) is 3.80. The Kier molecular flexibility index (Phi) is 6.21. The summed E-state index contributed by atoms with van der Waals surface area (Å²) >= 11 is 5.76. The lowest BCUT2D eigenvalue weighted by atomic mass is 10.3. The Morgan fingerprint density at radius 1 is 1.50 bits per heavy atom. The van der Waals surface area contributed by atoms with E-state index < -0.39 is 22.0 Å². The van der Waals surface area contributed by atoms with Gasteiger partial charge in [-0.3, -0.25) is 4.79 Å². The van der Waals surface area contributed by atoms with Crippen LogP contribution in [-0.4, -0.2) is 28.7 Å². The molecule has 0 N–H and O–H groups in total. The van der Waals surface area contributed by atoms with Crippen LogP contribution in [0.2, 0.25) is 0 Å². The maximum Gasteiger partial charge on any atom is 0.297 e. The molecule has 72 valence electrons. The lowest BCUT2D eigenvalue weighted by Crippen LogP contribution is -2.31. The van der Waals surface area contributed by atoms with Crippen LogP contribution in [0.5, 0.6) is 0 Å². The summed E-state index contributed by atoms with van der Waals surface area (Å²) in [5.41, 5.74) is 0. The van der Waals surface area contributed by atoms with E-state index in [1.54, 1.807) is 6.92 Å². The van der Waals surface area contributed by atoms with Crippen LogP contribution in [0.1, 0.15) is 6.92 Å². The van der Waals surface area contributed by atoms with Crippen LogP contribution in [0.3, 0.4) is 0 Å². The van der Waals surface area contributed by atoms with E-state index in [-0.39, 0.29) is 0 Å². The van der Waals surface area contributed by atoms with Gasteiger partial charge in [-0.1, -0.05) is 31.9 Å². The van der Waals surface area contributed by atoms with Gasteiger partial charge in [-0.05, 0) is 6.92 Å². The van der Waals surface area contributed by atoms with Gasteiger partial charge >= 0.3 is 0 Å². The number of Topliss-reactive ketones (excluding diaryl/α,β-unsaturated/α-hetero) is 1. The molecule has 0 saturated carbocycles. The standard InChI is InChI=1S/C6H8Br2F2O2/c1-2-12-5(8)3(7)4(11)6(9)10/h3,5-6H,2H2,1H3/t3-,5+/m0/s1. The summed E-state index contributed by atoms with van der Waals surface area (Å²) in [5.74, 6) is -1.18. The molecule has 0 heterocycles. The molecular formula is C6H8Br2F2O2. The predicted octanol–water partition coefficient (Wildman–Crippen LogP) is 2.34. The third-order valence-electron chi connectivity index (χ3n) is 1.04. The van der Waals surface area contributed by atoms with Crippen LogP contribution in [0, 0.1) is 0 Å². The molecule has 0 aliphatic carbocycles. The first-order valence-electron chi connectivity index (χ1n) is 3.22. The molecule has 0 rings (SSSR count). The molecule has 0 aromatic carbocycles. The zero-order chi connectivity index (χ0) is 9.72. The van der Waals surface area contributed by atoms with E-state index in [4.69, 9.17) is 4.74 Å². The van der Waals surface area contributed by atoms with Crippen molar-refractivity contribution in [1.29, 1.82) is 0 Å². The first kappa shape index (κ1) is 12.4. The van der Waals surface area contributed by atoms with Gasteiger partial charge in [0.15, 0.2) is 0 Å². The first-order chi connectivity index (χ1) is 5.50. The van der Waals surface area contributed by atoms with E-state index in [1.807, 2.05) is 0 Å². The molecule has 0 spiro atoms. The van der Waals surface area contributed by atoms with Gasteiger partial charge in [0.2, 0.25) is 5.78 Å². The Bertz CT molecular complexity index is 154. The summed E-state index contributed by atoms with van der Waals surface area (Å²) in [4.78, 5) is 9.65. The predicted molar refractivity (Wildman–Crippen MR) is 48.1 cm³/mol. The second-order valence-electron chi connectivity index (χ2n) is 1.91. The molecule has 12 heavy (non-hydrogen) atoms. The first-order valence-corrected chi connectivity index (χ1v) is 5.05. The number of hydrogen-bond acceptors (Lipinski definition) is 2. The number of ketones is 1. The van der Waals surface area contributed by atoms with Crippen LogP contribution >= 0.6 is 31.9 Å². The van der Waals surface area contributed by atoms with Crippen molar-refractivity contribution in [3.8, 4) is 0 Å². The van der Waals surface area contributed by atoms with E-state index >= 15 is 0 Å². The van der Waals surface area contributed by atoms with Crippen molar-refractivity contribution in [3.63, 3.8) is 0 Å². The zero-order valence-electron chi connectivity index (χ0n) is 6.27. The summed E-state index contributed by atoms with van der Waals surface area (Å²) in [6, 6.07) is 0. The SMILES string of the molecule is CCO[C@@H](Br)[C@@H](Br)C(=O)C(F)F. The number of alkyl halides is 4. The molecule has 0 saturated heterocycles. The summed E-state index contributed by atoms with van der Waals surface area (Å²) < 4.78 is 28.5. The van der Waals surface area contributed by atoms with Crippen molar-refractivity contribution in [1.82, 2.24) is 0 Å². The van der Waals surface area contributed by atoms with Crippen molar-refractivity contribution in [2.75, 3.05) is 6.61 Å². The molecule has 0 aliphatic rings. The van der Waals surface area contributed by atoms with Crippen LogP contribution in [0.25, 0.3) is 0 Å². The topological polar surface area (TPSA) is 26.3 Å². The fourth-order valence-electron chi connectivity index (χ4n) is 0.493. The van der Waals surface area contributed by atoms with Crippen LogP contribution in [0.4, 0.5) is 8.78 Å². The minimum atomic E-state index is -2.96. The minimum Gasteiger partial charge on any atom is -0.366 e. The highest BCUT2D eigenvalue weighted by Gasteiger charge is 2.30. The Balaban J connectivity index is 4.00. The lowest BCUT2D eigenvalue weighted by molar-refractivity contribution is -0.130. The van der Waals surface area contributed by atoms with Crippen LogP contribution < -0.4 is 0 Å². The Hall–Kier alpha value is 0.450. The average Bonchev–Trinajstić information content (AvgIpc) is 2.02. The highest BCUT2D eigenvalue weighted by Crippen LogP contribution is 2.19. The quantitative estimate of drug-likeness (QED) is 0.729. The Labute approximate surface area is 85.9 Å². The van der Waals surface area contributed by atoms with Crippen LogP contribution in [0.15, 0.2) is 0 Å². The zero-order valence-corrected chi connectivity index (χ0v) is 9.44. The van der Waals surface area contributed by atoms with Gasteiger partial charge in [0.1, 0.15) is 9.84 Å². The minimum absolute atomic E-state index is 0.356. The number of carbonyl (C=O) groups excluding carboxylic acids is 1. The van der Waals surface area contributed by atoms with Gasteiger partial charge in [-0.2, -0.15) is 0 Å². The molecule has 2 atom stereocenters. The molecule has 2 nitrogen and oxygen atoms in total. The summed E-state index contributed by atoms with van der Waals surface area (Å²) in [6.45, 7) is 2.06. The molecule has 0 aromatic rings. The molecule has 0 radical (unpaired) electrons. The Morgan fingerprint density at radius 2 is 2.00 bits per heavy atom. The number of hydrogen-bond donors (Lipinski definition) is 0. The number of carbonyl (C=O) groups is 1. The van der Waals surface area contributed by atoms with Crippen molar-refractivity contribution in [2.45, 2.75) is 23.2 Å². The van der Waals surface area contributed by atoms with E-state index in [0.717, 1.165) is 0 Å². The van der Waals surface area contributed by atoms with E-state index in [1.165, 1.54) is 0 Å². The number of ether oxygens (including phenoxy) is 1. The maximum absolute atomic E-state index is 11.8. The number of rotatable bonds is 5. The van der Waals surface area contributed by atoms with E-state index in [2.05, 4.69) is 31.9 Å². The van der Waals surface area contributed by atoms with Crippen molar-refractivity contribution < 1.29 is 18.3 Å². The van der Waals surface area contributed by atoms with Gasteiger partial charge in [0.05, 0.1) is 0 Å². The molecular weight excluding hydrogens is 302 g/mol. The molecule has 0 amide bonds. The van der Waals surface area contributed by atoms with Gasteiger partial charge in [0, 0.05) is 6.61 Å². The molecule has 0 bridgehead atoms. The largest absolute Gasteiger partial charge is 0.366 e. The molecule has 6 heteroatoms. The smallest absolute Gasteiger partial charge is 0.297 e. The fourth-order valence-corrected chi connectivity index (χ4v) is 1.37. The van der Waals surface area contributed by atoms with Gasteiger partial charge in [-0.25, -0.2) is 8.78 Å². The highest BCUT2D eigenvalue weighted by atomic mass is 79.9. The van der Waals surface area contributed by atoms with E-state index in [0.29, 0.717) is 6.61 Å². The van der Waals surface area contributed by atoms with Crippen LogP contribution in [-0.2, 0) is 9.53 Å². The lowest BCUT2D eigenvalue weighted by Gasteiger charge is -2.14. The fraction of sp³-hybridized carbons (Fsp3) is 0.833.